The van der Waals surface area contributed by atoms with E-state index in [1.807, 2.05) is 11.3 Å². The molecule has 1 aromatic heterocycles. The van der Waals surface area contributed by atoms with Gasteiger partial charge in [0, 0.05) is 15.0 Å². The summed E-state index contributed by atoms with van der Waals surface area (Å²) >= 11 is 1.96. The molecule has 0 bridgehead atoms. The van der Waals surface area contributed by atoms with Crippen molar-refractivity contribution in [3.63, 3.8) is 0 Å². The minimum Gasteiger partial charge on any atom is -0.140 e. The summed E-state index contributed by atoms with van der Waals surface area (Å²) in [6.07, 6.45) is 7.01. The number of hydrogen-bond acceptors (Lipinski definition) is 1. The second-order valence-electron chi connectivity index (χ2n) is 3.88. The van der Waals surface area contributed by atoms with Crippen molar-refractivity contribution in [2.75, 3.05) is 0 Å². The molecule has 0 N–H and O–H groups in total. The van der Waals surface area contributed by atoms with Crippen LogP contribution in [0.15, 0.2) is 24.3 Å². The lowest BCUT2D eigenvalue weighted by Gasteiger charge is -2.03. The molecule has 70 valence electrons. The minimum absolute atomic E-state index is 1.21. The van der Waals surface area contributed by atoms with Crippen LogP contribution in [0, 0.1) is 6.92 Å². The molecule has 0 fully saturated rings. The molecular weight excluding hydrogens is 188 g/mol. The summed E-state index contributed by atoms with van der Waals surface area (Å²) in [7, 11) is 0. The predicted molar refractivity (Wildman–Crippen MR) is 63.9 cm³/mol. The number of thiophene rings is 1. The van der Waals surface area contributed by atoms with E-state index < -0.39 is 0 Å². The Morgan fingerprint density at radius 3 is 3.14 bits per heavy atom. The van der Waals surface area contributed by atoms with Crippen LogP contribution in [-0.4, -0.2) is 0 Å². The molecular formula is C13H12S. The molecule has 0 saturated heterocycles. The average Bonchev–Trinajstić information content (AvgIpc) is 2.56. The van der Waals surface area contributed by atoms with E-state index in [2.05, 4.69) is 37.3 Å². The molecule has 0 radical (unpaired) electrons. The van der Waals surface area contributed by atoms with Crippen LogP contribution in [-0.2, 0) is 6.42 Å². The fourth-order valence-corrected chi connectivity index (χ4v) is 3.25. The zero-order valence-corrected chi connectivity index (χ0v) is 9.03. The first-order chi connectivity index (χ1) is 6.84. The molecule has 0 atom stereocenters. The van der Waals surface area contributed by atoms with Crippen LogP contribution < -0.4 is 0 Å². The van der Waals surface area contributed by atoms with Crippen LogP contribution in [0.1, 0.15) is 22.4 Å². The number of aryl methyl sites for hydroxylation is 2. The SMILES string of the molecule is Cc1ccc2sc3c(c2c1)C=CCC3. The topological polar surface area (TPSA) is 0 Å². The number of allylic oxidation sites excluding steroid dienone is 1. The molecule has 3 rings (SSSR count). The van der Waals surface area contributed by atoms with Gasteiger partial charge in [0.15, 0.2) is 0 Å². The highest BCUT2D eigenvalue weighted by molar-refractivity contribution is 7.19. The molecule has 1 aliphatic rings. The van der Waals surface area contributed by atoms with Gasteiger partial charge < -0.3 is 0 Å². The summed E-state index contributed by atoms with van der Waals surface area (Å²) in [4.78, 5) is 1.56. The lowest BCUT2D eigenvalue weighted by Crippen LogP contribution is -1.87. The van der Waals surface area contributed by atoms with Crippen molar-refractivity contribution in [2.24, 2.45) is 0 Å². The van der Waals surface area contributed by atoms with Crippen molar-refractivity contribution in [1.82, 2.24) is 0 Å². The van der Waals surface area contributed by atoms with Gasteiger partial charge in [-0.05, 0) is 37.5 Å². The van der Waals surface area contributed by atoms with Gasteiger partial charge in [0.25, 0.3) is 0 Å². The highest BCUT2D eigenvalue weighted by atomic mass is 32.1. The molecule has 0 amide bonds. The summed E-state index contributed by atoms with van der Waals surface area (Å²) in [5.41, 5.74) is 2.83. The third-order valence-electron chi connectivity index (χ3n) is 2.78. The van der Waals surface area contributed by atoms with Gasteiger partial charge in [0.2, 0.25) is 0 Å². The van der Waals surface area contributed by atoms with E-state index >= 15 is 0 Å². The van der Waals surface area contributed by atoms with E-state index in [-0.39, 0.29) is 0 Å². The van der Waals surface area contributed by atoms with E-state index in [1.165, 1.54) is 34.1 Å². The lowest BCUT2D eigenvalue weighted by atomic mass is 10.0. The van der Waals surface area contributed by atoms with Crippen LogP contribution >= 0.6 is 11.3 Å². The first-order valence-corrected chi connectivity index (χ1v) is 5.85. The van der Waals surface area contributed by atoms with Gasteiger partial charge in [-0.2, -0.15) is 0 Å². The maximum Gasteiger partial charge on any atom is 0.0352 e. The fraction of sp³-hybridized carbons (Fsp3) is 0.231. The number of benzene rings is 1. The summed E-state index contributed by atoms with van der Waals surface area (Å²) in [6, 6.07) is 6.76. The third kappa shape index (κ3) is 1.12. The van der Waals surface area contributed by atoms with Crippen LogP contribution in [0.4, 0.5) is 0 Å². The monoisotopic (exact) mass is 200 g/mol. The van der Waals surface area contributed by atoms with E-state index in [1.54, 1.807) is 4.88 Å². The average molecular weight is 200 g/mol. The zero-order valence-electron chi connectivity index (χ0n) is 8.21. The first kappa shape index (κ1) is 8.25. The van der Waals surface area contributed by atoms with Crippen LogP contribution in [0.5, 0.6) is 0 Å². The molecule has 1 heteroatoms. The smallest absolute Gasteiger partial charge is 0.0352 e. The van der Waals surface area contributed by atoms with Crippen LogP contribution in [0.2, 0.25) is 0 Å². The minimum atomic E-state index is 1.21. The second kappa shape index (κ2) is 2.96. The maximum atomic E-state index is 2.31. The summed E-state index contributed by atoms with van der Waals surface area (Å²) < 4.78 is 1.44. The molecule has 0 spiro atoms. The van der Waals surface area contributed by atoms with E-state index in [4.69, 9.17) is 0 Å². The van der Waals surface area contributed by atoms with Crippen molar-refractivity contribution < 1.29 is 0 Å². The van der Waals surface area contributed by atoms with Gasteiger partial charge in [0.05, 0.1) is 0 Å². The molecule has 0 saturated carbocycles. The summed E-state index contributed by atoms with van der Waals surface area (Å²) in [5, 5.41) is 1.45. The quantitative estimate of drug-likeness (QED) is 0.598. The normalized spacial score (nSPS) is 14.6. The molecule has 2 aromatic rings. The molecule has 0 aliphatic heterocycles. The Morgan fingerprint density at radius 2 is 2.21 bits per heavy atom. The molecule has 1 aromatic carbocycles. The first-order valence-electron chi connectivity index (χ1n) is 5.03. The molecule has 1 aliphatic carbocycles. The number of fused-ring (bicyclic) bond motifs is 3. The summed E-state index contributed by atoms with van der Waals surface area (Å²) in [6.45, 7) is 2.16. The van der Waals surface area contributed by atoms with E-state index in [0.29, 0.717) is 0 Å². The van der Waals surface area contributed by atoms with Gasteiger partial charge in [-0.1, -0.05) is 23.8 Å². The Morgan fingerprint density at radius 1 is 1.29 bits per heavy atom. The number of hydrogen-bond donors (Lipinski definition) is 0. The lowest BCUT2D eigenvalue weighted by molar-refractivity contribution is 1.02. The zero-order chi connectivity index (χ0) is 9.54. The second-order valence-corrected chi connectivity index (χ2v) is 5.02. The van der Waals surface area contributed by atoms with E-state index in [9.17, 15) is 0 Å². The van der Waals surface area contributed by atoms with Crippen LogP contribution in [0.25, 0.3) is 16.2 Å². The maximum absolute atomic E-state index is 2.31. The van der Waals surface area contributed by atoms with Gasteiger partial charge >= 0.3 is 0 Å². The highest BCUT2D eigenvalue weighted by Crippen LogP contribution is 2.35. The Balaban J connectivity index is 2.39. The van der Waals surface area contributed by atoms with Gasteiger partial charge in [-0.15, -0.1) is 11.3 Å². The molecule has 0 nitrogen and oxygen atoms in total. The number of rotatable bonds is 0. The Kier molecular flexibility index (Phi) is 1.74. The van der Waals surface area contributed by atoms with Gasteiger partial charge in [-0.25, -0.2) is 0 Å². The van der Waals surface area contributed by atoms with Crippen molar-refractivity contribution >= 4 is 27.5 Å². The largest absolute Gasteiger partial charge is 0.140 e. The highest BCUT2D eigenvalue weighted by Gasteiger charge is 2.11. The van der Waals surface area contributed by atoms with Crippen molar-refractivity contribution in [3.05, 3.63) is 40.3 Å². The van der Waals surface area contributed by atoms with Crippen molar-refractivity contribution in [3.8, 4) is 0 Å². The molecule has 14 heavy (non-hydrogen) atoms. The molecule has 0 unspecified atom stereocenters. The Bertz CT molecular complexity index is 517. The van der Waals surface area contributed by atoms with E-state index in [0.717, 1.165) is 0 Å². The molecule has 1 heterocycles. The van der Waals surface area contributed by atoms with Crippen molar-refractivity contribution in [1.29, 1.82) is 0 Å². The van der Waals surface area contributed by atoms with Gasteiger partial charge in [0.1, 0.15) is 0 Å². The van der Waals surface area contributed by atoms with Gasteiger partial charge in [-0.3, -0.25) is 0 Å². The summed E-state index contributed by atoms with van der Waals surface area (Å²) in [5.74, 6) is 0. The standard InChI is InChI=1S/C13H12S/c1-9-6-7-13-11(8-9)10-4-2-3-5-12(10)14-13/h2,4,6-8H,3,5H2,1H3. The third-order valence-corrected chi connectivity index (χ3v) is 4.03. The fourth-order valence-electron chi connectivity index (χ4n) is 2.07. The van der Waals surface area contributed by atoms with Crippen LogP contribution in [0.3, 0.4) is 0 Å². The predicted octanol–water partition coefficient (Wildman–Crippen LogP) is 4.17. The Hall–Kier alpha value is -1.08. The van der Waals surface area contributed by atoms with Crippen molar-refractivity contribution in [2.45, 2.75) is 19.8 Å². The Labute approximate surface area is 87.9 Å².